The molecule has 0 aromatic carbocycles. The third-order valence-corrected chi connectivity index (χ3v) is 4.38. The topological polar surface area (TPSA) is 88.2 Å². The third kappa shape index (κ3) is 2.77. The fourth-order valence-corrected chi connectivity index (χ4v) is 3.17. The van der Waals surface area contributed by atoms with Crippen LogP contribution in [-0.2, 0) is 14.3 Å². The second kappa shape index (κ2) is 5.83. The minimum atomic E-state index is -0.417. The van der Waals surface area contributed by atoms with Gasteiger partial charge in [-0.2, -0.15) is 4.98 Å². The number of amides is 1. The molecule has 1 aliphatic heterocycles. The molecule has 1 saturated heterocycles. The molecule has 2 heterocycles. The number of carbonyl (C=O) groups excluding carboxylic acids is 2. The average molecular weight is 292 g/mol. The highest BCUT2D eigenvalue weighted by atomic mass is 16.5. The van der Waals surface area contributed by atoms with E-state index in [-0.39, 0.29) is 18.3 Å². The van der Waals surface area contributed by atoms with Crippen molar-refractivity contribution < 1.29 is 14.3 Å². The number of H-pyrrole nitrogens is 1. The van der Waals surface area contributed by atoms with Crippen molar-refractivity contribution in [3.63, 3.8) is 0 Å². The third-order valence-electron chi connectivity index (χ3n) is 4.38. The number of nitrogens with one attached hydrogen (secondary N) is 1. The first-order valence-corrected chi connectivity index (χ1v) is 7.49. The number of aromatic nitrogens is 3. The van der Waals surface area contributed by atoms with Crippen molar-refractivity contribution >= 4 is 17.8 Å². The first kappa shape index (κ1) is 14.0. The first-order chi connectivity index (χ1) is 10.2. The van der Waals surface area contributed by atoms with Crippen molar-refractivity contribution in [3.8, 4) is 0 Å². The van der Waals surface area contributed by atoms with Crippen LogP contribution in [0.1, 0.15) is 50.3 Å². The van der Waals surface area contributed by atoms with Gasteiger partial charge in [-0.3, -0.25) is 19.6 Å². The quantitative estimate of drug-likeness (QED) is 0.850. The first-order valence-electron chi connectivity index (χ1n) is 7.49. The van der Waals surface area contributed by atoms with Crippen LogP contribution in [0.25, 0.3) is 0 Å². The molecule has 1 aromatic rings. The van der Waals surface area contributed by atoms with E-state index >= 15 is 0 Å². The molecule has 2 aliphatic rings. The monoisotopic (exact) mass is 292 g/mol. The Morgan fingerprint density at radius 2 is 2.10 bits per heavy atom. The van der Waals surface area contributed by atoms with Crippen LogP contribution in [0.5, 0.6) is 0 Å². The van der Waals surface area contributed by atoms with E-state index in [1.807, 2.05) is 0 Å². The van der Waals surface area contributed by atoms with Gasteiger partial charge in [-0.15, -0.1) is 5.10 Å². The number of hydrogen-bond acceptors (Lipinski definition) is 5. The number of methoxy groups -OCH3 is 1. The van der Waals surface area contributed by atoms with E-state index in [0.29, 0.717) is 18.4 Å². The summed E-state index contributed by atoms with van der Waals surface area (Å²) in [6.07, 6.45) is 6.12. The summed E-state index contributed by atoms with van der Waals surface area (Å²) >= 11 is 0. The molecule has 1 unspecified atom stereocenters. The van der Waals surface area contributed by atoms with Crippen molar-refractivity contribution in [2.45, 2.75) is 44.4 Å². The molecule has 1 aliphatic carbocycles. The number of ether oxygens (including phenoxy) is 1. The molecule has 1 amide bonds. The van der Waals surface area contributed by atoms with Gasteiger partial charge in [0.15, 0.2) is 0 Å². The summed E-state index contributed by atoms with van der Waals surface area (Å²) in [5.74, 6) is 0.757. The van der Waals surface area contributed by atoms with Gasteiger partial charge < -0.3 is 4.74 Å². The van der Waals surface area contributed by atoms with Crippen molar-refractivity contribution in [3.05, 3.63) is 5.82 Å². The van der Waals surface area contributed by atoms with Crippen LogP contribution in [0.2, 0.25) is 0 Å². The van der Waals surface area contributed by atoms with E-state index in [4.69, 9.17) is 4.74 Å². The lowest BCUT2D eigenvalue weighted by atomic mass is 9.89. The van der Waals surface area contributed by atoms with Gasteiger partial charge in [-0.1, -0.05) is 19.3 Å². The van der Waals surface area contributed by atoms with E-state index in [1.54, 1.807) is 0 Å². The SMILES string of the molecule is COC(=O)C1CC(=O)N(c2n[nH]c(C3CCCCC3)n2)C1. The van der Waals surface area contributed by atoms with Crippen LogP contribution in [0.3, 0.4) is 0 Å². The Hall–Kier alpha value is -1.92. The summed E-state index contributed by atoms with van der Waals surface area (Å²) in [4.78, 5) is 29.5. The van der Waals surface area contributed by atoms with Gasteiger partial charge in [0.1, 0.15) is 5.82 Å². The minimum absolute atomic E-state index is 0.125. The molecule has 2 fully saturated rings. The van der Waals surface area contributed by atoms with E-state index in [0.717, 1.165) is 18.7 Å². The smallest absolute Gasteiger partial charge is 0.311 e. The molecule has 0 radical (unpaired) electrons. The number of anilines is 1. The van der Waals surface area contributed by atoms with E-state index in [9.17, 15) is 9.59 Å². The maximum Gasteiger partial charge on any atom is 0.311 e. The van der Waals surface area contributed by atoms with Crippen LogP contribution < -0.4 is 4.90 Å². The summed E-state index contributed by atoms with van der Waals surface area (Å²) in [6.45, 7) is 0.299. The fraction of sp³-hybridized carbons (Fsp3) is 0.714. The molecule has 1 saturated carbocycles. The van der Waals surface area contributed by atoms with Crippen LogP contribution in [0, 0.1) is 5.92 Å². The van der Waals surface area contributed by atoms with E-state index < -0.39 is 5.92 Å². The Bertz CT molecular complexity index is 536. The van der Waals surface area contributed by atoms with Gasteiger partial charge in [0.2, 0.25) is 5.91 Å². The number of carbonyl (C=O) groups is 2. The largest absolute Gasteiger partial charge is 0.469 e. The summed E-state index contributed by atoms with van der Waals surface area (Å²) < 4.78 is 4.70. The lowest BCUT2D eigenvalue weighted by Crippen LogP contribution is -2.27. The van der Waals surface area contributed by atoms with Gasteiger partial charge >= 0.3 is 5.97 Å². The highest BCUT2D eigenvalue weighted by Crippen LogP contribution is 2.32. The Labute approximate surface area is 123 Å². The zero-order valence-corrected chi connectivity index (χ0v) is 12.2. The summed E-state index contributed by atoms with van der Waals surface area (Å²) in [5, 5.41) is 7.12. The summed E-state index contributed by atoms with van der Waals surface area (Å²) in [5.41, 5.74) is 0. The second-order valence-electron chi connectivity index (χ2n) is 5.78. The summed E-state index contributed by atoms with van der Waals surface area (Å²) in [7, 11) is 1.34. The molecule has 21 heavy (non-hydrogen) atoms. The van der Waals surface area contributed by atoms with E-state index in [1.165, 1.54) is 31.3 Å². The predicted octanol–water partition coefficient (Wildman–Crippen LogP) is 1.38. The number of nitrogens with zero attached hydrogens (tertiary/aromatic N) is 3. The van der Waals surface area contributed by atoms with Crippen LogP contribution >= 0.6 is 0 Å². The molecular weight excluding hydrogens is 272 g/mol. The highest BCUT2D eigenvalue weighted by molar-refractivity contribution is 5.98. The van der Waals surface area contributed by atoms with Gasteiger partial charge in [0.25, 0.3) is 5.95 Å². The fourth-order valence-electron chi connectivity index (χ4n) is 3.17. The van der Waals surface area contributed by atoms with Crippen molar-refractivity contribution in [1.82, 2.24) is 15.2 Å². The molecule has 0 spiro atoms. The predicted molar refractivity (Wildman–Crippen MR) is 74.7 cm³/mol. The summed E-state index contributed by atoms with van der Waals surface area (Å²) in [6, 6.07) is 0. The van der Waals surface area contributed by atoms with Crippen LogP contribution in [0.15, 0.2) is 0 Å². The molecule has 7 nitrogen and oxygen atoms in total. The molecule has 1 atom stereocenters. The second-order valence-corrected chi connectivity index (χ2v) is 5.78. The Morgan fingerprint density at radius 1 is 1.33 bits per heavy atom. The molecule has 0 bridgehead atoms. The molecule has 1 aromatic heterocycles. The maximum absolute atomic E-state index is 12.0. The molecular formula is C14H20N4O3. The lowest BCUT2D eigenvalue weighted by Gasteiger charge is -2.18. The molecule has 3 rings (SSSR count). The van der Waals surface area contributed by atoms with Crippen molar-refractivity contribution in [2.75, 3.05) is 18.6 Å². The highest BCUT2D eigenvalue weighted by Gasteiger charge is 2.37. The zero-order chi connectivity index (χ0) is 14.8. The number of aromatic amines is 1. The molecule has 114 valence electrons. The standard InChI is InChI=1S/C14H20N4O3/c1-21-13(20)10-7-11(19)18(8-10)14-15-12(16-17-14)9-5-3-2-4-6-9/h9-10H,2-8H2,1H3,(H,15,16,17). The zero-order valence-electron chi connectivity index (χ0n) is 12.2. The van der Waals surface area contributed by atoms with Crippen molar-refractivity contribution in [1.29, 1.82) is 0 Å². The average Bonchev–Trinajstić information content (AvgIpc) is 3.14. The Morgan fingerprint density at radius 3 is 2.81 bits per heavy atom. The van der Waals surface area contributed by atoms with Gasteiger partial charge in [-0.25, -0.2) is 0 Å². The maximum atomic E-state index is 12.0. The minimum Gasteiger partial charge on any atom is -0.469 e. The molecule has 7 heteroatoms. The Kier molecular flexibility index (Phi) is 3.90. The Balaban J connectivity index is 1.71. The van der Waals surface area contributed by atoms with Crippen molar-refractivity contribution in [2.24, 2.45) is 5.92 Å². The normalized spacial score (nSPS) is 23.6. The number of rotatable bonds is 3. The van der Waals surface area contributed by atoms with Crippen LogP contribution in [-0.4, -0.2) is 40.7 Å². The number of esters is 1. The van der Waals surface area contributed by atoms with Gasteiger partial charge in [0, 0.05) is 18.9 Å². The van der Waals surface area contributed by atoms with Crippen LogP contribution in [0.4, 0.5) is 5.95 Å². The number of hydrogen-bond donors (Lipinski definition) is 1. The van der Waals surface area contributed by atoms with E-state index in [2.05, 4.69) is 15.2 Å². The lowest BCUT2D eigenvalue weighted by molar-refractivity contribution is -0.145. The van der Waals surface area contributed by atoms with Gasteiger partial charge in [0.05, 0.1) is 13.0 Å². The van der Waals surface area contributed by atoms with Gasteiger partial charge in [-0.05, 0) is 12.8 Å². The molecule has 1 N–H and O–H groups in total.